The number of rotatable bonds is 5. The summed E-state index contributed by atoms with van der Waals surface area (Å²) in [6.45, 7) is 0.489. The standard InChI is InChI=1S/C20H20N2O/c21-19(13-15-7-2-1-3-8-15)20(23)22-14-17-11-6-10-16-9-4-5-12-18(16)17/h1-12,19H,13-14,21H2,(H,22,23)/t19-/m0/s1. The summed E-state index contributed by atoms with van der Waals surface area (Å²) >= 11 is 0. The molecule has 116 valence electrons. The maximum Gasteiger partial charge on any atom is 0.237 e. The van der Waals surface area contributed by atoms with Crippen LogP contribution < -0.4 is 11.1 Å². The van der Waals surface area contributed by atoms with Crippen LogP contribution in [-0.2, 0) is 17.8 Å². The molecule has 0 aliphatic heterocycles. The van der Waals surface area contributed by atoms with Gasteiger partial charge in [-0.25, -0.2) is 0 Å². The molecule has 0 fully saturated rings. The predicted molar refractivity (Wildman–Crippen MR) is 93.9 cm³/mol. The largest absolute Gasteiger partial charge is 0.351 e. The quantitative estimate of drug-likeness (QED) is 0.761. The molecule has 23 heavy (non-hydrogen) atoms. The molecule has 0 heterocycles. The molecule has 0 aliphatic carbocycles. The van der Waals surface area contributed by atoms with Gasteiger partial charge in [0.05, 0.1) is 6.04 Å². The second-order valence-electron chi connectivity index (χ2n) is 5.65. The fraction of sp³-hybridized carbons (Fsp3) is 0.150. The molecule has 0 saturated carbocycles. The Kier molecular flexibility index (Phi) is 4.69. The molecular formula is C20H20N2O. The van der Waals surface area contributed by atoms with Crippen molar-refractivity contribution >= 4 is 16.7 Å². The molecule has 0 aliphatic rings. The molecule has 0 unspecified atom stereocenters. The van der Waals surface area contributed by atoms with Crippen molar-refractivity contribution in [3.63, 3.8) is 0 Å². The lowest BCUT2D eigenvalue weighted by molar-refractivity contribution is -0.122. The van der Waals surface area contributed by atoms with E-state index >= 15 is 0 Å². The van der Waals surface area contributed by atoms with Crippen LogP contribution in [0.2, 0.25) is 0 Å². The highest BCUT2D eigenvalue weighted by molar-refractivity contribution is 5.86. The number of carbonyl (C=O) groups excluding carboxylic acids is 1. The molecule has 3 N–H and O–H groups in total. The predicted octanol–water partition coefficient (Wildman–Crippen LogP) is 3.03. The van der Waals surface area contributed by atoms with Crippen molar-refractivity contribution in [1.82, 2.24) is 5.32 Å². The second-order valence-corrected chi connectivity index (χ2v) is 5.65. The van der Waals surface area contributed by atoms with Crippen LogP contribution in [0.15, 0.2) is 72.8 Å². The van der Waals surface area contributed by atoms with Gasteiger partial charge in [0.15, 0.2) is 0 Å². The smallest absolute Gasteiger partial charge is 0.237 e. The third-order valence-corrected chi connectivity index (χ3v) is 3.97. The summed E-state index contributed by atoms with van der Waals surface area (Å²) < 4.78 is 0. The number of benzene rings is 3. The minimum atomic E-state index is -0.535. The first-order valence-electron chi connectivity index (χ1n) is 7.78. The number of hydrogen-bond donors (Lipinski definition) is 2. The first-order valence-corrected chi connectivity index (χ1v) is 7.78. The molecule has 3 aromatic carbocycles. The van der Waals surface area contributed by atoms with E-state index in [1.165, 1.54) is 5.39 Å². The molecular weight excluding hydrogens is 284 g/mol. The number of fused-ring (bicyclic) bond motifs is 1. The third-order valence-electron chi connectivity index (χ3n) is 3.97. The number of hydrogen-bond acceptors (Lipinski definition) is 2. The van der Waals surface area contributed by atoms with E-state index in [1.54, 1.807) is 0 Å². The Morgan fingerprint density at radius 2 is 1.61 bits per heavy atom. The van der Waals surface area contributed by atoms with Crippen molar-refractivity contribution < 1.29 is 4.79 Å². The molecule has 0 radical (unpaired) electrons. The summed E-state index contributed by atoms with van der Waals surface area (Å²) in [6, 6.07) is 23.6. The van der Waals surface area contributed by atoms with Crippen LogP contribution in [0, 0.1) is 0 Å². The van der Waals surface area contributed by atoms with Crippen LogP contribution in [0.3, 0.4) is 0 Å². The summed E-state index contributed by atoms with van der Waals surface area (Å²) in [4.78, 5) is 12.2. The zero-order valence-electron chi connectivity index (χ0n) is 12.9. The maximum atomic E-state index is 12.2. The van der Waals surface area contributed by atoms with Gasteiger partial charge in [-0.15, -0.1) is 0 Å². The number of amides is 1. The molecule has 0 saturated heterocycles. The van der Waals surface area contributed by atoms with Crippen molar-refractivity contribution in [1.29, 1.82) is 0 Å². The number of carbonyl (C=O) groups is 1. The summed E-state index contributed by atoms with van der Waals surface area (Å²) in [5, 5.41) is 5.28. The van der Waals surface area contributed by atoms with Crippen molar-refractivity contribution in [2.75, 3.05) is 0 Å². The lowest BCUT2D eigenvalue weighted by Crippen LogP contribution is -2.41. The fourth-order valence-corrected chi connectivity index (χ4v) is 2.72. The van der Waals surface area contributed by atoms with Gasteiger partial charge in [0, 0.05) is 6.54 Å². The molecule has 3 rings (SSSR count). The normalized spacial score (nSPS) is 12.0. The first kappa shape index (κ1) is 15.3. The molecule has 3 nitrogen and oxygen atoms in total. The third kappa shape index (κ3) is 3.76. The Bertz CT molecular complexity index is 794. The Labute approximate surface area is 136 Å². The van der Waals surface area contributed by atoms with Gasteiger partial charge in [0.2, 0.25) is 5.91 Å². The highest BCUT2D eigenvalue weighted by Gasteiger charge is 2.14. The van der Waals surface area contributed by atoms with Crippen LogP contribution in [0.4, 0.5) is 0 Å². The van der Waals surface area contributed by atoms with E-state index in [1.807, 2.05) is 54.6 Å². The zero-order valence-corrected chi connectivity index (χ0v) is 12.9. The topological polar surface area (TPSA) is 55.1 Å². The summed E-state index contributed by atoms with van der Waals surface area (Å²) in [7, 11) is 0. The van der Waals surface area contributed by atoms with Gasteiger partial charge in [0.1, 0.15) is 0 Å². The minimum Gasteiger partial charge on any atom is -0.351 e. The van der Waals surface area contributed by atoms with Crippen LogP contribution >= 0.6 is 0 Å². The molecule has 1 amide bonds. The van der Waals surface area contributed by atoms with E-state index in [4.69, 9.17) is 5.73 Å². The van der Waals surface area contributed by atoms with Gasteiger partial charge in [-0.2, -0.15) is 0 Å². The van der Waals surface area contributed by atoms with E-state index in [0.717, 1.165) is 16.5 Å². The van der Waals surface area contributed by atoms with Crippen molar-refractivity contribution in [3.8, 4) is 0 Å². The average Bonchev–Trinajstić information content (AvgIpc) is 2.60. The van der Waals surface area contributed by atoms with E-state index in [2.05, 4.69) is 23.5 Å². The van der Waals surface area contributed by atoms with Gasteiger partial charge >= 0.3 is 0 Å². The van der Waals surface area contributed by atoms with E-state index < -0.39 is 6.04 Å². The molecule has 0 spiro atoms. The van der Waals surface area contributed by atoms with Gasteiger partial charge in [0.25, 0.3) is 0 Å². The highest BCUT2D eigenvalue weighted by Crippen LogP contribution is 2.18. The van der Waals surface area contributed by atoms with Crippen molar-refractivity contribution in [3.05, 3.63) is 83.9 Å². The zero-order chi connectivity index (χ0) is 16.1. The van der Waals surface area contributed by atoms with Gasteiger partial charge < -0.3 is 11.1 Å². The summed E-state index contributed by atoms with van der Waals surface area (Å²) in [5.41, 5.74) is 8.18. The number of nitrogens with one attached hydrogen (secondary N) is 1. The second kappa shape index (κ2) is 7.07. The highest BCUT2D eigenvalue weighted by atomic mass is 16.2. The van der Waals surface area contributed by atoms with Gasteiger partial charge in [-0.05, 0) is 28.3 Å². The average molecular weight is 304 g/mol. The van der Waals surface area contributed by atoms with Crippen molar-refractivity contribution in [2.24, 2.45) is 5.73 Å². The lowest BCUT2D eigenvalue weighted by Gasteiger charge is -2.13. The molecule has 1 atom stereocenters. The Morgan fingerprint density at radius 3 is 2.43 bits per heavy atom. The summed E-state index contributed by atoms with van der Waals surface area (Å²) in [5.74, 6) is -0.123. The minimum absolute atomic E-state index is 0.123. The monoisotopic (exact) mass is 304 g/mol. The summed E-state index contributed by atoms with van der Waals surface area (Å²) in [6.07, 6.45) is 0.544. The lowest BCUT2D eigenvalue weighted by atomic mass is 10.0. The van der Waals surface area contributed by atoms with Crippen LogP contribution in [0.1, 0.15) is 11.1 Å². The maximum absolute atomic E-state index is 12.2. The molecule has 0 bridgehead atoms. The Balaban J connectivity index is 1.64. The SMILES string of the molecule is N[C@@H](Cc1ccccc1)C(=O)NCc1cccc2ccccc12. The Morgan fingerprint density at radius 1 is 0.913 bits per heavy atom. The van der Waals surface area contributed by atoms with E-state index in [-0.39, 0.29) is 5.91 Å². The Hall–Kier alpha value is -2.65. The van der Waals surface area contributed by atoms with Crippen LogP contribution in [0.25, 0.3) is 10.8 Å². The van der Waals surface area contributed by atoms with Crippen molar-refractivity contribution in [2.45, 2.75) is 19.0 Å². The van der Waals surface area contributed by atoms with Gasteiger partial charge in [-0.1, -0.05) is 72.8 Å². The number of nitrogens with two attached hydrogens (primary N) is 1. The fourth-order valence-electron chi connectivity index (χ4n) is 2.72. The van der Waals surface area contributed by atoms with E-state index in [0.29, 0.717) is 13.0 Å². The van der Waals surface area contributed by atoms with Gasteiger partial charge in [-0.3, -0.25) is 4.79 Å². The van der Waals surface area contributed by atoms with E-state index in [9.17, 15) is 4.79 Å². The van der Waals surface area contributed by atoms with Crippen LogP contribution in [0.5, 0.6) is 0 Å². The van der Waals surface area contributed by atoms with Crippen LogP contribution in [-0.4, -0.2) is 11.9 Å². The molecule has 3 aromatic rings. The molecule has 3 heteroatoms. The molecule has 0 aromatic heterocycles. The first-order chi connectivity index (χ1) is 11.2.